The zero-order chi connectivity index (χ0) is 17.7. The molecule has 7 heteroatoms. The summed E-state index contributed by atoms with van der Waals surface area (Å²) in [4.78, 5) is 16.3. The highest BCUT2D eigenvalue weighted by Gasteiger charge is 2.35. The van der Waals surface area contributed by atoms with Crippen LogP contribution in [-0.2, 0) is 11.0 Å². The number of halogens is 3. The number of nitrogens with zero attached hydrogens (tertiary/aromatic N) is 2. The van der Waals surface area contributed by atoms with Gasteiger partial charge in [0.15, 0.2) is 17.8 Å². The van der Waals surface area contributed by atoms with Crippen molar-refractivity contribution in [2.24, 2.45) is 0 Å². The molecule has 0 radical (unpaired) electrons. The maximum atomic E-state index is 13.0. The number of para-hydroxylation sites is 1. The Kier molecular flexibility index (Phi) is 5.19. The predicted octanol–water partition coefficient (Wildman–Crippen LogP) is 3.74. The minimum atomic E-state index is -4.60. The summed E-state index contributed by atoms with van der Waals surface area (Å²) in [7, 11) is 0. The first-order valence-corrected chi connectivity index (χ1v) is 7.01. The molecule has 0 fully saturated rings. The van der Waals surface area contributed by atoms with Crippen LogP contribution in [0.3, 0.4) is 0 Å². The van der Waals surface area contributed by atoms with Crippen molar-refractivity contribution in [1.82, 2.24) is 4.98 Å². The van der Waals surface area contributed by atoms with Gasteiger partial charge in [-0.2, -0.15) is 18.4 Å². The maximum absolute atomic E-state index is 13.0. The molecule has 0 aliphatic heterocycles. The quantitative estimate of drug-likeness (QED) is 0.835. The fourth-order valence-electron chi connectivity index (χ4n) is 2.11. The number of aromatic nitrogens is 1. The molecule has 1 heterocycles. The Balaban J connectivity index is 2.23. The zero-order valence-corrected chi connectivity index (χ0v) is 12.6. The van der Waals surface area contributed by atoms with Gasteiger partial charge in [0.25, 0.3) is 0 Å². The molecule has 0 saturated carbocycles. The van der Waals surface area contributed by atoms with Crippen molar-refractivity contribution in [2.75, 3.05) is 0 Å². The molecule has 0 unspecified atom stereocenters. The lowest BCUT2D eigenvalue weighted by molar-refractivity contribution is -0.140. The van der Waals surface area contributed by atoms with Crippen LogP contribution < -0.4 is 4.74 Å². The van der Waals surface area contributed by atoms with Gasteiger partial charge in [0.1, 0.15) is 5.75 Å². The predicted molar refractivity (Wildman–Crippen MR) is 79.1 cm³/mol. The Morgan fingerprint density at radius 1 is 1.21 bits per heavy atom. The summed E-state index contributed by atoms with van der Waals surface area (Å²) in [5.74, 6) is -2.32. The number of carbonyl (C=O) groups excluding carboxylic acids is 1. The van der Waals surface area contributed by atoms with E-state index in [9.17, 15) is 23.2 Å². The van der Waals surface area contributed by atoms with Crippen LogP contribution in [0.2, 0.25) is 0 Å². The van der Waals surface area contributed by atoms with E-state index >= 15 is 0 Å². The molecule has 2 atom stereocenters. The molecule has 4 nitrogen and oxygen atoms in total. The Morgan fingerprint density at radius 2 is 1.88 bits per heavy atom. The number of ketones is 1. The molecule has 1 aromatic heterocycles. The summed E-state index contributed by atoms with van der Waals surface area (Å²) in [6, 6.07) is 11.2. The van der Waals surface area contributed by atoms with Gasteiger partial charge >= 0.3 is 6.18 Å². The summed E-state index contributed by atoms with van der Waals surface area (Å²) in [5.41, 5.74) is -0.749. The van der Waals surface area contributed by atoms with E-state index in [1.54, 1.807) is 12.1 Å². The van der Waals surface area contributed by atoms with Gasteiger partial charge in [0, 0.05) is 6.20 Å². The number of hydrogen-bond donors (Lipinski definition) is 0. The van der Waals surface area contributed by atoms with Crippen LogP contribution in [0.4, 0.5) is 13.2 Å². The third kappa shape index (κ3) is 3.90. The number of nitriles is 1. The Morgan fingerprint density at radius 3 is 2.46 bits per heavy atom. The summed E-state index contributed by atoms with van der Waals surface area (Å²) in [6.07, 6.45) is -4.41. The van der Waals surface area contributed by atoms with Crippen LogP contribution in [-0.4, -0.2) is 16.9 Å². The first-order valence-electron chi connectivity index (χ1n) is 7.01. The van der Waals surface area contributed by atoms with Crippen LogP contribution in [0.1, 0.15) is 24.1 Å². The van der Waals surface area contributed by atoms with Gasteiger partial charge in [0.2, 0.25) is 0 Å². The van der Waals surface area contributed by atoms with E-state index in [4.69, 9.17) is 4.74 Å². The molecule has 2 aromatic rings. The minimum absolute atomic E-state index is 0.226. The second-order valence-corrected chi connectivity index (χ2v) is 4.97. The average Bonchev–Trinajstić information content (AvgIpc) is 2.56. The third-order valence-electron chi connectivity index (χ3n) is 3.29. The van der Waals surface area contributed by atoms with Crippen molar-refractivity contribution in [3.63, 3.8) is 0 Å². The Hall–Kier alpha value is -2.88. The number of hydrogen-bond acceptors (Lipinski definition) is 4. The largest absolute Gasteiger partial charge is 0.482 e. The smallest absolute Gasteiger partial charge is 0.419 e. The van der Waals surface area contributed by atoms with Crippen LogP contribution >= 0.6 is 0 Å². The zero-order valence-electron chi connectivity index (χ0n) is 12.6. The average molecular weight is 334 g/mol. The lowest BCUT2D eigenvalue weighted by atomic mass is 9.97. The van der Waals surface area contributed by atoms with Gasteiger partial charge in [0.05, 0.1) is 17.3 Å². The van der Waals surface area contributed by atoms with Gasteiger partial charge < -0.3 is 4.74 Å². The van der Waals surface area contributed by atoms with E-state index in [2.05, 4.69) is 4.98 Å². The van der Waals surface area contributed by atoms with E-state index in [1.807, 2.05) is 6.07 Å². The third-order valence-corrected chi connectivity index (χ3v) is 3.29. The second kappa shape index (κ2) is 7.13. The monoisotopic (exact) mass is 334 g/mol. The fourth-order valence-corrected chi connectivity index (χ4v) is 2.11. The summed E-state index contributed by atoms with van der Waals surface area (Å²) in [6.45, 7) is 1.31. The van der Waals surface area contributed by atoms with E-state index < -0.39 is 35.3 Å². The fraction of sp³-hybridized carbons (Fsp3) is 0.235. The summed E-state index contributed by atoms with van der Waals surface area (Å²) in [5, 5.41) is 9.20. The molecule has 1 aromatic carbocycles. The van der Waals surface area contributed by atoms with Crippen molar-refractivity contribution >= 4 is 5.78 Å². The van der Waals surface area contributed by atoms with Crippen molar-refractivity contribution in [3.05, 3.63) is 59.9 Å². The van der Waals surface area contributed by atoms with Gasteiger partial charge in [-0.05, 0) is 31.2 Å². The molecule has 124 valence electrons. The van der Waals surface area contributed by atoms with Crippen LogP contribution in [0.25, 0.3) is 0 Å². The number of carbonyl (C=O) groups is 1. The van der Waals surface area contributed by atoms with Crippen molar-refractivity contribution in [1.29, 1.82) is 5.26 Å². The van der Waals surface area contributed by atoms with Crippen LogP contribution in [0, 0.1) is 11.3 Å². The lowest BCUT2D eigenvalue weighted by Gasteiger charge is -2.19. The molecule has 0 spiro atoms. The molecule has 0 aliphatic carbocycles. The number of alkyl halides is 3. The molecular formula is C17H13F3N2O2. The topological polar surface area (TPSA) is 63.0 Å². The molecular weight excluding hydrogens is 321 g/mol. The standard InChI is InChI=1S/C17H13F3N2O2/c1-11(16(23)12(10-21)14-7-4-5-9-22-14)24-15-8-3-2-6-13(15)17(18,19)20/h2-9,11-12H,1H3/t11-,12-/m0/s1. The minimum Gasteiger partial charge on any atom is -0.482 e. The number of rotatable bonds is 5. The summed E-state index contributed by atoms with van der Waals surface area (Å²) >= 11 is 0. The van der Waals surface area contributed by atoms with Crippen molar-refractivity contribution in [2.45, 2.75) is 25.1 Å². The number of benzene rings is 1. The van der Waals surface area contributed by atoms with Gasteiger partial charge in [-0.1, -0.05) is 18.2 Å². The number of ether oxygens (including phenoxy) is 1. The Labute approximate surface area is 136 Å². The van der Waals surface area contributed by atoms with Crippen molar-refractivity contribution < 1.29 is 22.7 Å². The molecule has 24 heavy (non-hydrogen) atoms. The van der Waals surface area contributed by atoms with Gasteiger partial charge in [-0.25, -0.2) is 0 Å². The van der Waals surface area contributed by atoms with Gasteiger partial charge in [-0.15, -0.1) is 0 Å². The van der Waals surface area contributed by atoms with Crippen LogP contribution in [0.5, 0.6) is 5.75 Å². The molecule has 0 bridgehead atoms. The SMILES string of the molecule is C[C@H](Oc1ccccc1C(F)(F)F)C(=O)[C@@H](C#N)c1ccccn1. The molecule has 0 aliphatic rings. The number of Topliss-reactive ketones (excluding diaryl/α,β-unsaturated/α-hetero) is 1. The highest BCUT2D eigenvalue weighted by Crippen LogP contribution is 2.36. The van der Waals surface area contributed by atoms with Crippen LogP contribution in [0.15, 0.2) is 48.7 Å². The highest BCUT2D eigenvalue weighted by molar-refractivity contribution is 5.91. The molecule has 0 N–H and O–H groups in total. The summed E-state index contributed by atoms with van der Waals surface area (Å²) < 4.78 is 44.1. The Bertz CT molecular complexity index is 754. The van der Waals surface area contributed by atoms with Gasteiger partial charge in [-0.3, -0.25) is 9.78 Å². The molecule has 2 rings (SSSR count). The highest BCUT2D eigenvalue weighted by atomic mass is 19.4. The second-order valence-electron chi connectivity index (χ2n) is 4.97. The first-order chi connectivity index (χ1) is 11.3. The van der Waals surface area contributed by atoms with E-state index in [0.29, 0.717) is 0 Å². The number of pyridine rings is 1. The van der Waals surface area contributed by atoms with E-state index in [0.717, 1.165) is 12.1 Å². The van der Waals surface area contributed by atoms with E-state index in [1.165, 1.54) is 31.3 Å². The van der Waals surface area contributed by atoms with E-state index in [-0.39, 0.29) is 5.69 Å². The lowest BCUT2D eigenvalue weighted by Crippen LogP contribution is -2.30. The van der Waals surface area contributed by atoms with Crippen molar-refractivity contribution in [3.8, 4) is 11.8 Å². The maximum Gasteiger partial charge on any atom is 0.419 e. The first kappa shape index (κ1) is 17.5. The molecule has 0 amide bonds. The molecule has 0 saturated heterocycles. The normalized spacial score (nSPS) is 13.6.